The zero-order chi connectivity index (χ0) is 22.4. The third-order valence-corrected chi connectivity index (χ3v) is 5.94. The number of ether oxygens (including phenoxy) is 2. The summed E-state index contributed by atoms with van der Waals surface area (Å²) in [6, 6.07) is 14.8. The molecule has 1 aromatic heterocycles. The van der Waals surface area contributed by atoms with E-state index in [1.807, 2.05) is 0 Å². The average molecular weight is 462 g/mol. The zero-order valence-electron chi connectivity index (χ0n) is 16.7. The Labute approximate surface area is 185 Å². The Balaban J connectivity index is 1.59. The molecule has 0 saturated heterocycles. The number of carbonyl (C=O) groups is 1. The molecule has 1 atom stereocenters. The van der Waals surface area contributed by atoms with Gasteiger partial charge in [0.15, 0.2) is 0 Å². The minimum Gasteiger partial charge on any atom is -0.497 e. The number of methoxy groups -OCH3 is 1. The number of anilines is 1. The fourth-order valence-electron chi connectivity index (χ4n) is 2.50. The van der Waals surface area contributed by atoms with Crippen molar-refractivity contribution in [3.63, 3.8) is 0 Å². The van der Waals surface area contributed by atoms with Crippen LogP contribution < -0.4 is 19.5 Å². The van der Waals surface area contributed by atoms with Crippen molar-refractivity contribution in [1.82, 2.24) is 9.71 Å². The second-order valence-electron chi connectivity index (χ2n) is 6.45. The third-order valence-electron chi connectivity index (χ3n) is 4.13. The molecule has 2 aromatic carbocycles. The summed E-state index contributed by atoms with van der Waals surface area (Å²) in [5.41, 5.74) is 0.393. The van der Waals surface area contributed by atoms with Crippen molar-refractivity contribution >= 4 is 33.2 Å². The van der Waals surface area contributed by atoms with Crippen molar-refractivity contribution in [3.05, 3.63) is 71.9 Å². The maximum atomic E-state index is 12.5. The number of sulfonamides is 1. The standard InChI is InChI=1S/C21H20ClN3O5S/c1-14(25-31(27,28)19-10-8-17(29-2)9-11-19)21(26)24-16-5-12-20(23-13-16)30-18-6-3-15(22)4-7-18/h3-14,25H,1-2H3,(H,24,26)/t14-/m0/s1. The third kappa shape index (κ3) is 6.17. The van der Waals surface area contributed by atoms with Gasteiger partial charge in [-0.25, -0.2) is 13.4 Å². The highest BCUT2D eigenvalue weighted by Gasteiger charge is 2.22. The molecular formula is C21H20ClN3O5S. The van der Waals surface area contributed by atoms with Crippen molar-refractivity contribution in [2.45, 2.75) is 17.9 Å². The van der Waals surface area contributed by atoms with Crippen LogP contribution in [0.1, 0.15) is 6.92 Å². The van der Waals surface area contributed by atoms with Crippen molar-refractivity contribution in [3.8, 4) is 17.4 Å². The van der Waals surface area contributed by atoms with Gasteiger partial charge in [-0.3, -0.25) is 4.79 Å². The highest BCUT2D eigenvalue weighted by atomic mass is 35.5. The molecule has 0 saturated carbocycles. The average Bonchev–Trinajstić information content (AvgIpc) is 2.76. The minimum absolute atomic E-state index is 0.0262. The number of hydrogen-bond donors (Lipinski definition) is 2. The molecule has 1 amide bonds. The van der Waals surface area contributed by atoms with Gasteiger partial charge in [0.1, 0.15) is 11.5 Å². The molecule has 3 rings (SSSR count). The van der Waals surface area contributed by atoms with Gasteiger partial charge in [0.2, 0.25) is 21.8 Å². The Bertz CT molecular complexity index is 1140. The van der Waals surface area contributed by atoms with E-state index in [0.29, 0.717) is 28.1 Å². The smallest absolute Gasteiger partial charge is 0.242 e. The number of halogens is 1. The van der Waals surface area contributed by atoms with Gasteiger partial charge in [-0.15, -0.1) is 0 Å². The van der Waals surface area contributed by atoms with Gasteiger partial charge in [-0.1, -0.05) is 11.6 Å². The molecular weight excluding hydrogens is 442 g/mol. The van der Waals surface area contributed by atoms with E-state index in [2.05, 4.69) is 15.0 Å². The highest BCUT2D eigenvalue weighted by molar-refractivity contribution is 7.89. The van der Waals surface area contributed by atoms with Crippen LogP contribution in [-0.2, 0) is 14.8 Å². The lowest BCUT2D eigenvalue weighted by atomic mass is 10.3. The van der Waals surface area contributed by atoms with E-state index >= 15 is 0 Å². The van der Waals surface area contributed by atoms with Gasteiger partial charge in [0, 0.05) is 11.1 Å². The SMILES string of the molecule is COc1ccc(S(=O)(=O)N[C@@H](C)C(=O)Nc2ccc(Oc3ccc(Cl)cc3)nc2)cc1. The van der Waals surface area contributed by atoms with Crippen LogP contribution in [0.5, 0.6) is 17.4 Å². The van der Waals surface area contributed by atoms with E-state index in [4.69, 9.17) is 21.1 Å². The Morgan fingerprint density at radius 3 is 2.23 bits per heavy atom. The molecule has 0 aliphatic heterocycles. The molecule has 162 valence electrons. The maximum absolute atomic E-state index is 12.5. The molecule has 8 nitrogen and oxygen atoms in total. The summed E-state index contributed by atoms with van der Waals surface area (Å²) >= 11 is 5.84. The van der Waals surface area contributed by atoms with Crippen molar-refractivity contribution < 1.29 is 22.7 Å². The number of nitrogens with one attached hydrogen (secondary N) is 2. The first kappa shape index (κ1) is 22.5. The first-order valence-electron chi connectivity index (χ1n) is 9.13. The predicted octanol–water partition coefficient (Wildman–Crippen LogP) is 3.84. The number of hydrogen-bond acceptors (Lipinski definition) is 6. The second kappa shape index (κ2) is 9.78. The fraction of sp³-hybridized carbons (Fsp3) is 0.143. The van der Waals surface area contributed by atoms with Gasteiger partial charge < -0.3 is 14.8 Å². The highest BCUT2D eigenvalue weighted by Crippen LogP contribution is 2.22. The summed E-state index contributed by atoms with van der Waals surface area (Å²) in [6.45, 7) is 1.45. The van der Waals surface area contributed by atoms with E-state index in [1.54, 1.807) is 36.4 Å². The van der Waals surface area contributed by atoms with Crippen LogP contribution in [0.3, 0.4) is 0 Å². The summed E-state index contributed by atoms with van der Waals surface area (Å²) in [6.07, 6.45) is 1.41. The molecule has 10 heteroatoms. The Morgan fingerprint density at radius 2 is 1.65 bits per heavy atom. The lowest BCUT2D eigenvalue weighted by Gasteiger charge is -2.15. The maximum Gasteiger partial charge on any atom is 0.242 e. The molecule has 31 heavy (non-hydrogen) atoms. The Hall–Kier alpha value is -3.14. The summed E-state index contributed by atoms with van der Waals surface area (Å²) in [7, 11) is -2.39. The number of nitrogens with zero attached hydrogens (tertiary/aromatic N) is 1. The minimum atomic E-state index is -3.88. The molecule has 0 fully saturated rings. The monoisotopic (exact) mass is 461 g/mol. The molecule has 0 unspecified atom stereocenters. The van der Waals surface area contributed by atoms with Gasteiger partial charge in [0.25, 0.3) is 0 Å². The van der Waals surface area contributed by atoms with Crippen LogP contribution in [-0.4, -0.2) is 32.5 Å². The van der Waals surface area contributed by atoms with Gasteiger partial charge in [0.05, 0.1) is 29.9 Å². The number of benzene rings is 2. The second-order valence-corrected chi connectivity index (χ2v) is 8.60. The van der Waals surface area contributed by atoms with E-state index in [-0.39, 0.29) is 4.90 Å². The molecule has 2 N–H and O–H groups in total. The number of pyridine rings is 1. The number of aromatic nitrogens is 1. The summed E-state index contributed by atoms with van der Waals surface area (Å²) in [5, 5.41) is 3.20. The van der Waals surface area contributed by atoms with Crippen LogP contribution >= 0.6 is 11.6 Å². The van der Waals surface area contributed by atoms with Crippen LogP contribution in [0.25, 0.3) is 0 Å². The fourth-order valence-corrected chi connectivity index (χ4v) is 3.83. The molecule has 0 spiro atoms. The van der Waals surface area contributed by atoms with Crippen LogP contribution in [0.15, 0.2) is 71.8 Å². The lowest BCUT2D eigenvalue weighted by molar-refractivity contribution is -0.117. The van der Waals surface area contributed by atoms with E-state index in [1.165, 1.54) is 44.5 Å². The molecule has 0 bridgehead atoms. The summed E-state index contributed by atoms with van der Waals surface area (Å²) in [4.78, 5) is 16.6. The normalized spacial score (nSPS) is 12.1. The largest absolute Gasteiger partial charge is 0.497 e. The Morgan fingerprint density at radius 1 is 1.00 bits per heavy atom. The van der Waals surface area contributed by atoms with E-state index in [9.17, 15) is 13.2 Å². The molecule has 0 aliphatic carbocycles. The molecule has 3 aromatic rings. The number of rotatable bonds is 8. The van der Waals surface area contributed by atoms with Crippen molar-refractivity contribution in [1.29, 1.82) is 0 Å². The summed E-state index contributed by atoms with van der Waals surface area (Å²) in [5.74, 6) is 0.884. The van der Waals surface area contributed by atoms with E-state index < -0.39 is 22.0 Å². The summed E-state index contributed by atoms with van der Waals surface area (Å²) < 4.78 is 37.9. The number of amides is 1. The van der Waals surface area contributed by atoms with Gasteiger partial charge in [-0.2, -0.15) is 4.72 Å². The molecule has 0 aliphatic rings. The van der Waals surface area contributed by atoms with Gasteiger partial charge >= 0.3 is 0 Å². The first-order chi connectivity index (χ1) is 14.8. The first-order valence-corrected chi connectivity index (χ1v) is 11.0. The van der Waals surface area contributed by atoms with Crippen LogP contribution in [0.2, 0.25) is 5.02 Å². The Kier molecular flexibility index (Phi) is 7.11. The van der Waals surface area contributed by atoms with Crippen molar-refractivity contribution in [2.75, 3.05) is 12.4 Å². The van der Waals surface area contributed by atoms with Crippen molar-refractivity contribution in [2.24, 2.45) is 0 Å². The van der Waals surface area contributed by atoms with E-state index in [0.717, 1.165) is 0 Å². The molecule has 1 heterocycles. The van der Waals surface area contributed by atoms with Crippen LogP contribution in [0, 0.1) is 0 Å². The quantitative estimate of drug-likeness (QED) is 0.527. The van der Waals surface area contributed by atoms with Gasteiger partial charge in [-0.05, 0) is 61.5 Å². The topological polar surface area (TPSA) is 107 Å². The van der Waals surface area contributed by atoms with Crippen LogP contribution in [0.4, 0.5) is 5.69 Å². The lowest BCUT2D eigenvalue weighted by Crippen LogP contribution is -2.41. The predicted molar refractivity (Wildman–Crippen MR) is 117 cm³/mol. The zero-order valence-corrected chi connectivity index (χ0v) is 18.3. The number of carbonyl (C=O) groups excluding carboxylic acids is 1. The molecule has 0 radical (unpaired) electrons.